The van der Waals surface area contributed by atoms with Crippen molar-refractivity contribution in [3.05, 3.63) is 66.2 Å². The second kappa shape index (κ2) is 11.1. The SMILES string of the molecule is CCNC(=NCc1cccc(Cn2cccn2)c1)N1CCN(c2cnn(C)c2)C(=O)C1.I. The number of guanidine groups is 1. The fraction of sp³-hybridized carbons (Fsp3) is 0.364. The van der Waals surface area contributed by atoms with Gasteiger partial charge in [0.05, 0.1) is 25.0 Å². The summed E-state index contributed by atoms with van der Waals surface area (Å²) in [5, 5.41) is 11.8. The lowest BCUT2D eigenvalue weighted by Gasteiger charge is -2.35. The van der Waals surface area contributed by atoms with E-state index >= 15 is 0 Å². The number of hydrogen-bond donors (Lipinski definition) is 1. The van der Waals surface area contributed by atoms with Crippen molar-refractivity contribution in [3.8, 4) is 0 Å². The zero-order chi connectivity index (χ0) is 21.6. The van der Waals surface area contributed by atoms with Gasteiger partial charge in [0.2, 0.25) is 5.91 Å². The molecule has 170 valence electrons. The maximum Gasteiger partial charge on any atom is 0.246 e. The predicted molar refractivity (Wildman–Crippen MR) is 135 cm³/mol. The molecule has 1 aromatic carbocycles. The van der Waals surface area contributed by atoms with Crippen LogP contribution in [-0.2, 0) is 24.9 Å². The molecule has 2 aromatic heterocycles. The highest BCUT2D eigenvalue weighted by Crippen LogP contribution is 2.16. The molecule has 0 unspecified atom stereocenters. The number of nitrogens with zero attached hydrogens (tertiary/aromatic N) is 7. The van der Waals surface area contributed by atoms with Crippen molar-refractivity contribution in [2.24, 2.45) is 12.0 Å². The molecule has 4 rings (SSSR count). The Hall–Kier alpha value is -2.89. The Balaban J connectivity index is 0.00000289. The molecule has 10 heteroatoms. The lowest BCUT2D eigenvalue weighted by Crippen LogP contribution is -2.55. The number of amides is 1. The molecule has 9 nitrogen and oxygen atoms in total. The van der Waals surface area contributed by atoms with Crippen molar-refractivity contribution in [2.45, 2.75) is 20.0 Å². The number of rotatable bonds is 6. The van der Waals surface area contributed by atoms with E-state index in [1.54, 1.807) is 22.0 Å². The average molecular weight is 548 g/mol. The summed E-state index contributed by atoms with van der Waals surface area (Å²) in [7, 11) is 1.85. The summed E-state index contributed by atoms with van der Waals surface area (Å²) in [5.41, 5.74) is 3.14. The first-order valence-electron chi connectivity index (χ1n) is 10.5. The van der Waals surface area contributed by atoms with Crippen LogP contribution in [0.25, 0.3) is 0 Å². The Labute approximate surface area is 205 Å². The number of nitrogens with one attached hydrogen (secondary N) is 1. The first kappa shape index (κ1) is 23.8. The second-order valence-corrected chi connectivity index (χ2v) is 7.53. The molecule has 1 amide bonds. The van der Waals surface area contributed by atoms with E-state index in [1.165, 1.54) is 5.56 Å². The van der Waals surface area contributed by atoms with Crippen molar-refractivity contribution in [1.29, 1.82) is 0 Å². The minimum atomic E-state index is 0. The number of carbonyl (C=O) groups excluding carboxylic acids is 1. The number of hydrogen-bond acceptors (Lipinski definition) is 4. The minimum absolute atomic E-state index is 0. The van der Waals surface area contributed by atoms with Gasteiger partial charge in [0.1, 0.15) is 6.54 Å². The molecule has 32 heavy (non-hydrogen) atoms. The third-order valence-electron chi connectivity index (χ3n) is 5.16. The maximum atomic E-state index is 12.7. The normalized spacial score (nSPS) is 14.4. The number of anilines is 1. The van der Waals surface area contributed by atoms with Gasteiger partial charge in [-0.05, 0) is 24.1 Å². The molecule has 0 saturated carbocycles. The molecular formula is C22H29IN8O. The van der Waals surface area contributed by atoms with E-state index in [-0.39, 0.29) is 29.9 Å². The highest BCUT2D eigenvalue weighted by molar-refractivity contribution is 14.0. The van der Waals surface area contributed by atoms with Crippen molar-refractivity contribution >= 4 is 41.5 Å². The molecule has 0 radical (unpaired) electrons. The maximum absolute atomic E-state index is 12.7. The fourth-order valence-electron chi connectivity index (χ4n) is 3.67. The van der Waals surface area contributed by atoms with Crippen LogP contribution in [0.5, 0.6) is 0 Å². The number of benzene rings is 1. The van der Waals surface area contributed by atoms with E-state index in [4.69, 9.17) is 4.99 Å². The summed E-state index contributed by atoms with van der Waals surface area (Å²) in [5.74, 6) is 0.810. The van der Waals surface area contributed by atoms with Crippen LogP contribution in [0.4, 0.5) is 5.69 Å². The van der Waals surface area contributed by atoms with Crippen molar-refractivity contribution in [2.75, 3.05) is 31.1 Å². The lowest BCUT2D eigenvalue weighted by molar-refractivity contribution is -0.120. The molecule has 0 atom stereocenters. The number of aliphatic imine (C=N–C) groups is 1. The molecule has 1 saturated heterocycles. The van der Waals surface area contributed by atoms with E-state index in [0.717, 1.165) is 30.3 Å². The molecule has 1 aliphatic rings. The molecular weight excluding hydrogens is 519 g/mol. The standard InChI is InChI=1S/C22H28N8O.HI/c1-3-23-22(28-10-11-30(21(31)17-28)20-14-26-27(2)16-20)24-13-18-6-4-7-19(12-18)15-29-9-5-8-25-29;/h4-9,12,14,16H,3,10-11,13,15,17H2,1-2H3,(H,23,24);1H. The van der Waals surface area contributed by atoms with E-state index in [0.29, 0.717) is 26.2 Å². The van der Waals surface area contributed by atoms with Crippen LogP contribution >= 0.6 is 24.0 Å². The first-order chi connectivity index (χ1) is 15.1. The van der Waals surface area contributed by atoms with Crippen LogP contribution in [0.15, 0.2) is 60.1 Å². The Bertz CT molecular complexity index is 1050. The zero-order valence-electron chi connectivity index (χ0n) is 18.4. The number of aryl methyl sites for hydroxylation is 1. The summed E-state index contributed by atoms with van der Waals surface area (Å²) >= 11 is 0. The van der Waals surface area contributed by atoms with Crippen LogP contribution in [-0.4, -0.2) is 62.5 Å². The third kappa shape index (κ3) is 5.87. The Morgan fingerprint density at radius 2 is 2.03 bits per heavy atom. The molecule has 0 bridgehead atoms. The Kier molecular flexibility index (Phi) is 8.26. The van der Waals surface area contributed by atoms with Gasteiger partial charge < -0.3 is 15.1 Å². The Morgan fingerprint density at radius 3 is 2.72 bits per heavy atom. The van der Waals surface area contributed by atoms with Crippen LogP contribution in [0.1, 0.15) is 18.1 Å². The van der Waals surface area contributed by atoms with Gasteiger partial charge in [-0.2, -0.15) is 10.2 Å². The van der Waals surface area contributed by atoms with E-state index in [2.05, 4.69) is 33.7 Å². The first-order valence-corrected chi connectivity index (χ1v) is 10.5. The summed E-state index contributed by atoms with van der Waals surface area (Å²) < 4.78 is 3.61. The van der Waals surface area contributed by atoms with Crippen LogP contribution < -0.4 is 10.2 Å². The van der Waals surface area contributed by atoms with E-state index in [1.807, 2.05) is 48.1 Å². The van der Waals surface area contributed by atoms with Crippen LogP contribution in [0, 0.1) is 0 Å². The van der Waals surface area contributed by atoms with Gasteiger partial charge in [-0.1, -0.05) is 24.3 Å². The minimum Gasteiger partial charge on any atom is -0.356 e. The molecule has 3 heterocycles. The molecule has 3 aromatic rings. The van der Waals surface area contributed by atoms with Gasteiger partial charge in [-0.15, -0.1) is 24.0 Å². The lowest BCUT2D eigenvalue weighted by atomic mass is 10.1. The van der Waals surface area contributed by atoms with Gasteiger partial charge in [-0.3, -0.25) is 14.2 Å². The second-order valence-electron chi connectivity index (χ2n) is 7.53. The van der Waals surface area contributed by atoms with Gasteiger partial charge in [0, 0.05) is 45.3 Å². The van der Waals surface area contributed by atoms with Crippen molar-refractivity contribution in [1.82, 2.24) is 29.8 Å². The van der Waals surface area contributed by atoms with Crippen molar-refractivity contribution < 1.29 is 4.79 Å². The quantitative estimate of drug-likeness (QED) is 0.290. The zero-order valence-corrected chi connectivity index (χ0v) is 20.7. The summed E-state index contributed by atoms with van der Waals surface area (Å²) in [6.45, 7) is 5.67. The molecule has 0 aliphatic carbocycles. The number of carbonyl (C=O) groups is 1. The van der Waals surface area contributed by atoms with Crippen LogP contribution in [0.3, 0.4) is 0 Å². The van der Waals surface area contributed by atoms with Gasteiger partial charge in [-0.25, -0.2) is 4.99 Å². The van der Waals surface area contributed by atoms with Crippen LogP contribution in [0.2, 0.25) is 0 Å². The monoisotopic (exact) mass is 548 g/mol. The van der Waals surface area contributed by atoms with Gasteiger partial charge >= 0.3 is 0 Å². The predicted octanol–water partition coefficient (Wildman–Crippen LogP) is 2.10. The number of piperazine rings is 1. The Morgan fingerprint density at radius 1 is 1.19 bits per heavy atom. The molecule has 0 spiro atoms. The third-order valence-corrected chi connectivity index (χ3v) is 5.16. The van der Waals surface area contributed by atoms with Gasteiger partial charge in [0.25, 0.3) is 0 Å². The topological polar surface area (TPSA) is 83.6 Å². The smallest absolute Gasteiger partial charge is 0.246 e. The largest absolute Gasteiger partial charge is 0.356 e. The number of halogens is 1. The highest BCUT2D eigenvalue weighted by Gasteiger charge is 2.27. The summed E-state index contributed by atoms with van der Waals surface area (Å²) in [4.78, 5) is 21.4. The van der Waals surface area contributed by atoms with Crippen molar-refractivity contribution in [3.63, 3.8) is 0 Å². The highest BCUT2D eigenvalue weighted by atomic mass is 127. The van der Waals surface area contributed by atoms with Gasteiger partial charge in [0.15, 0.2) is 5.96 Å². The van der Waals surface area contributed by atoms with E-state index in [9.17, 15) is 4.79 Å². The average Bonchev–Trinajstić information content (AvgIpc) is 3.43. The van der Waals surface area contributed by atoms with E-state index < -0.39 is 0 Å². The molecule has 1 aliphatic heterocycles. The molecule has 1 N–H and O–H groups in total. The molecule has 1 fully saturated rings. The number of aromatic nitrogens is 4. The summed E-state index contributed by atoms with van der Waals surface area (Å²) in [6, 6.07) is 10.3. The fourth-order valence-corrected chi connectivity index (χ4v) is 3.67. The summed E-state index contributed by atoms with van der Waals surface area (Å²) in [6.07, 6.45) is 7.33.